The van der Waals surface area contributed by atoms with Crippen molar-refractivity contribution < 1.29 is 19.0 Å². The van der Waals surface area contributed by atoms with Crippen LogP contribution in [0.2, 0.25) is 0 Å². The molecule has 0 saturated carbocycles. The van der Waals surface area contributed by atoms with Gasteiger partial charge >= 0.3 is 0 Å². The van der Waals surface area contributed by atoms with Gasteiger partial charge in [0, 0.05) is 17.7 Å². The lowest BCUT2D eigenvalue weighted by Crippen LogP contribution is -2.30. The summed E-state index contributed by atoms with van der Waals surface area (Å²) >= 11 is 0. The van der Waals surface area contributed by atoms with E-state index in [0.29, 0.717) is 17.2 Å². The van der Waals surface area contributed by atoms with E-state index in [4.69, 9.17) is 14.2 Å². The molecule has 5 heteroatoms. The number of anilines is 1. The zero-order valence-electron chi connectivity index (χ0n) is 17.3. The summed E-state index contributed by atoms with van der Waals surface area (Å²) in [7, 11) is 0. The van der Waals surface area contributed by atoms with Crippen LogP contribution in [0.1, 0.15) is 26.3 Å². The third kappa shape index (κ3) is 4.57. The zero-order valence-corrected chi connectivity index (χ0v) is 17.3. The van der Waals surface area contributed by atoms with Gasteiger partial charge in [-0.05, 0) is 63.2 Å². The van der Waals surface area contributed by atoms with Crippen molar-refractivity contribution in [1.29, 1.82) is 0 Å². The molecular weight excluding hydrogens is 378 g/mol. The average molecular weight is 403 g/mol. The van der Waals surface area contributed by atoms with E-state index >= 15 is 0 Å². The standard InChI is InChI=1S/C25H25NO4/c1-17(28-22-11-7-8-18-16-25(2,3)30-23(18)22)24(27)26-19-12-14-21(15-13-19)29-20-9-5-4-6-10-20/h4-15,17H,16H2,1-3H3,(H,26,27)/t17-/m0/s1. The number of para-hydroxylation sites is 2. The highest BCUT2D eigenvalue weighted by Gasteiger charge is 2.33. The van der Waals surface area contributed by atoms with Gasteiger partial charge in [0.2, 0.25) is 0 Å². The van der Waals surface area contributed by atoms with Gasteiger partial charge in [0.1, 0.15) is 17.1 Å². The molecule has 0 fully saturated rings. The minimum atomic E-state index is -0.677. The van der Waals surface area contributed by atoms with Crippen LogP contribution in [0.5, 0.6) is 23.0 Å². The molecule has 0 aromatic heterocycles. The Bertz CT molecular complexity index is 1030. The van der Waals surface area contributed by atoms with E-state index in [1.807, 2.05) is 74.5 Å². The normalized spacial score (nSPS) is 14.9. The Morgan fingerprint density at radius 2 is 1.67 bits per heavy atom. The molecule has 1 amide bonds. The molecule has 0 bridgehead atoms. The molecule has 4 rings (SSSR count). The number of ether oxygens (including phenoxy) is 3. The zero-order chi connectivity index (χ0) is 21.1. The number of benzene rings is 3. The molecule has 1 N–H and O–H groups in total. The summed E-state index contributed by atoms with van der Waals surface area (Å²) in [5.41, 5.74) is 1.50. The smallest absolute Gasteiger partial charge is 0.265 e. The molecule has 3 aromatic carbocycles. The van der Waals surface area contributed by atoms with Crippen LogP contribution in [0.15, 0.2) is 72.8 Å². The van der Waals surface area contributed by atoms with Gasteiger partial charge in [0.15, 0.2) is 17.6 Å². The Morgan fingerprint density at radius 3 is 2.40 bits per heavy atom. The SMILES string of the molecule is C[C@H](Oc1cccc2c1OC(C)(C)C2)C(=O)Nc1ccc(Oc2ccccc2)cc1. The quantitative estimate of drug-likeness (QED) is 0.582. The molecule has 5 nitrogen and oxygen atoms in total. The van der Waals surface area contributed by atoms with Gasteiger partial charge in [0.05, 0.1) is 0 Å². The van der Waals surface area contributed by atoms with Gasteiger partial charge in [-0.25, -0.2) is 0 Å². The van der Waals surface area contributed by atoms with E-state index in [0.717, 1.165) is 23.5 Å². The molecule has 1 atom stereocenters. The van der Waals surface area contributed by atoms with Gasteiger partial charge in [0.25, 0.3) is 5.91 Å². The molecule has 0 spiro atoms. The second kappa shape index (κ2) is 8.11. The highest BCUT2D eigenvalue weighted by Crippen LogP contribution is 2.42. The number of fused-ring (bicyclic) bond motifs is 1. The monoisotopic (exact) mass is 403 g/mol. The van der Waals surface area contributed by atoms with Crippen LogP contribution in [0, 0.1) is 0 Å². The van der Waals surface area contributed by atoms with E-state index < -0.39 is 6.10 Å². The molecular formula is C25H25NO4. The number of hydrogen-bond acceptors (Lipinski definition) is 4. The van der Waals surface area contributed by atoms with Crippen molar-refractivity contribution >= 4 is 11.6 Å². The molecule has 0 unspecified atom stereocenters. The minimum Gasteiger partial charge on any atom is -0.483 e. The maximum Gasteiger partial charge on any atom is 0.265 e. The van der Waals surface area contributed by atoms with Crippen molar-refractivity contribution in [2.75, 3.05) is 5.32 Å². The minimum absolute atomic E-state index is 0.235. The van der Waals surface area contributed by atoms with Crippen LogP contribution in [0.25, 0.3) is 0 Å². The van der Waals surface area contributed by atoms with Gasteiger partial charge < -0.3 is 19.5 Å². The summed E-state index contributed by atoms with van der Waals surface area (Å²) in [6.45, 7) is 5.80. The van der Waals surface area contributed by atoms with Gasteiger partial charge in [-0.15, -0.1) is 0 Å². The Labute approximate surface area is 176 Å². The predicted molar refractivity (Wildman–Crippen MR) is 117 cm³/mol. The van der Waals surface area contributed by atoms with Crippen LogP contribution in [-0.4, -0.2) is 17.6 Å². The topological polar surface area (TPSA) is 56.8 Å². The van der Waals surface area contributed by atoms with Crippen LogP contribution in [0.3, 0.4) is 0 Å². The molecule has 154 valence electrons. The third-order valence-electron chi connectivity index (χ3n) is 4.83. The summed E-state index contributed by atoms with van der Waals surface area (Å²) in [4.78, 5) is 12.6. The van der Waals surface area contributed by atoms with Gasteiger partial charge in [-0.1, -0.05) is 30.3 Å². The first kappa shape index (κ1) is 19.8. The second-order valence-corrected chi connectivity index (χ2v) is 7.97. The molecule has 0 radical (unpaired) electrons. The van der Waals surface area contributed by atoms with Crippen molar-refractivity contribution in [2.45, 2.75) is 38.9 Å². The fraction of sp³-hybridized carbons (Fsp3) is 0.240. The fourth-order valence-corrected chi connectivity index (χ4v) is 3.40. The van der Waals surface area contributed by atoms with Crippen LogP contribution < -0.4 is 19.5 Å². The van der Waals surface area contributed by atoms with Crippen LogP contribution >= 0.6 is 0 Å². The number of nitrogens with one attached hydrogen (secondary N) is 1. The molecule has 1 heterocycles. The summed E-state index contributed by atoms with van der Waals surface area (Å²) in [5, 5.41) is 2.88. The maximum atomic E-state index is 12.6. The summed E-state index contributed by atoms with van der Waals surface area (Å²) in [6, 6.07) is 22.6. The molecule has 1 aliphatic rings. The Morgan fingerprint density at radius 1 is 0.967 bits per heavy atom. The van der Waals surface area contributed by atoms with Crippen molar-refractivity contribution in [3.05, 3.63) is 78.4 Å². The predicted octanol–water partition coefficient (Wildman–Crippen LogP) is 5.60. The van der Waals surface area contributed by atoms with E-state index in [2.05, 4.69) is 5.32 Å². The Balaban J connectivity index is 1.37. The lowest BCUT2D eigenvalue weighted by molar-refractivity contribution is -0.122. The first-order chi connectivity index (χ1) is 14.4. The van der Waals surface area contributed by atoms with Crippen LogP contribution in [0.4, 0.5) is 5.69 Å². The third-order valence-corrected chi connectivity index (χ3v) is 4.83. The number of amides is 1. The molecule has 3 aromatic rings. The number of carbonyl (C=O) groups is 1. The summed E-state index contributed by atoms with van der Waals surface area (Å²) in [5.74, 6) is 2.54. The lowest BCUT2D eigenvalue weighted by Gasteiger charge is -2.20. The largest absolute Gasteiger partial charge is 0.483 e. The van der Waals surface area contributed by atoms with Gasteiger partial charge in [-0.3, -0.25) is 4.79 Å². The van der Waals surface area contributed by atoms with Crippen molar-refractivity contribution in [2.24, 2.45) is 0 Å². The maximum absolute atomic E-state index is 12.6. The molecule has 1 aliphatic heterocycles. The molecule has 0 saturated heterocycles. The van der Waals surface area contributed by atoms with E-state index in [9.17, 15) is 4.79 Å². The Kier molecular flexibility index (Phi) is 5.36. The van der Waals surface area contributed by atoms with Gasteiger partial charge in [-0.2, -0.15) is 0 Å². The van der Waals surface area contributed by atoms with Crippen molar-refractivity contribution in [3.8, 4) is 23.0 Å². The number of hydrogen-bond donors (Lipinski definition) is 1. The first-order valence-corrected chi connectivity index (χ1v) is 10.0. The average Bonchev–Trinajstić information content (AvgIpc) is 3.05. The van der Waals surface area contributed by atoms with E-state index in [1.165, 1.54) is 0 Å². The number of rotatable bonds is 6. The summed E-state index contributed by atoms with van der Waals surface area (Å²) < 4.78 is 17.7. The molecule has 30 heavy (non-hydrogen) atoms. The Hall–Kier alpha value is -3.47. The number of carbonyl (C=O) groups excluding carboxylic acids is 1. The summed E-state index contributed by atoms with van der Waals surface area (Å²) in [6.07, 6.45) is 0.140. The molecule has 0 aliphatic carbocycles. The fourth-order valence-electron chi connectivity index (χ4n) is 3.40. The van der Waals surface area contributed by atoms with Crippen LogP contribution in [-0.2, 0) is 11.2 Å². The van der Waals surface area contributed by atoms with E-state index in [-0.39, 0.29) is 11.5 Å². The lowest BCUT2D eigenvalue weighted by atomic mass is 10.0. The highest BCUT2D eigenvalue weighted by atomic mass is 16.5. The second-order valence-electron chi connectivity index (χ2n) is 7.97. The van der Waals surface area contributed by atoms with Crippen molar-refractivity contribution in [1.82, 2.24) is 0 Å². The first-order valence-electron chi connectivity index (χ1n) is 10.0. The van der Waals surface area contributed by atoms with E-state index in [1.54, 1.807) is 19.1 Å². The van der Waals surface area contributed by atoms with Crippen molar-refractivity contribution in [3.63, 3.8) is 0 Å². The highest BCUT2D eigenvalue weighted by molar-refractivity contribution is 5.94.